The number of hydrogen-bond donors (Lipinski definition) is 0. The van der Waals surface area contributed by atoms with Gasteiger partial charge in [-0.15, -0.1) is 0 Å². The normalized spacial score (nSPS) is 12.9. The van der Waals surface area contributed by atoms with Gasteiger partial charge in [-0.3, -0.25) is 9.59 Å². The van der Waals surface area contributed by atoms with E-state index in [0.29, 0.717) is 9.48 Å². The molecule has 0 aliphatic rings. The highest BCUT2D eigenvalue weighted by Gasteiger charge is 2.18. The molecule has 30 heavy (non-hydrogen) atoms. The van der Waals surface area contributed by atoms with Gasteiger partial charge in [-0.2, -0.15) is 9.48 Å². The van der Waals surface area contributed by atoms with Gasteiger partial charge in [0.15, 0.2) is 0 Å². The molecule has 0 fully saturated rings. The lowest BCUT2D eigenvalue weighted by Crippen LogP contribution is -2.57. The minimum absolute atomic E-state index is 0.140. The SMILES string of the molecule is CN(C)c1ccc(/[N+]([O-])=c2\c(=O)ccc(=O)\c2=[N+](\[O-])c2ccc(N(C)C)cc2)cc1. The Balaban J connectivity index is 2.33. The molecule has 3 rings (SSSR count). The second-order valence-electron chi connectivity index (χ2n) is 7.17. The van der Waals surface area contributed by atoms with Gasteiger partial charge in [-0.25, -0.2) is 0 Å². The molecular weight excluding hydrogens is 384 g/mol. The predicted molar refractivity (Wildman–Crippen MR) is 119 cm³/mol. The van der Waals surface area contributed by atoms with Crippen LogP contribution in [0.4, 0.5) is 22.7 Å². The Bertz CT molecular complexity index is 1180. The molecule has 0 aliphatic heterocycles. The van der Waals surface area contributed by atoms with Crippen LogP contribution in [-0.2, 0) is 0 Å². The molecule has 0 spiro atoms. The van der Waals surface area contributed by atoms with Crippen molar-refractivity contribution in [3.8, 4) is 0 Å². The van der Waals surface area contributed by atoms with Gasteiger partial charge < -0.3 is 20.2 Å². The molecule has 0 heterocycles. The van der Waals surface area contributed by atoms with Crippen LogP contribution in [0, 0.1) is 10.4 Å². The molecule has 0 amide bonds. The maximum Gasteiger partial charge on any atom is 0.342 e. The van der Waals surface area contributed by atoms with Gasteiger partial charge in [-0.05, 0) is 36.4 Å². The van der Waals surface area contributed by atoms with E-state index in [2.05, 4.69) is 0 Å². The first-order valence-electron chi connectivity index (χ1n) is 9.21. The van der Waals surface area contributed by atoms with E-state index >= 15 is 0 Å². The van der Waals surface area contributed by atoms with Crippen molar-refractivity contribution in [1.29, 1.82) is 0 Å². The first kappa shape index (κ1) is 20.8. The highest BCUT2D eigenvalue weighted by molar-refractivity contribution is 5.53. The fourth-order valence-electron chi connectivity index (χ4n) is 2.97. The van der Waals surface area contributed by atoms with Crippen molar-refractivity contribution in [2.45, 2.75) is 0 Å². The third kappa shape index (κ3) is 3.93. The van der Waals surface area contributed by atoms with E-state index in [1.165, 1.54) is 24.3 Å². The lowest BCUT2D eigenvalue weighted by atomic mass is 10.2. The standard InChI is InChI=1S/C22H22N4O4/c1-23(2)15-5-9-17(10-6-15)25(29)21-19(27)13-14-20(28)22(21)26(30)18-11-7-16(8-12-18)24(3)4/h5-14H,1-4H3/b25-21-,26-22-. The van der Waals surface area contributed by atoms with Crippen LogP contribution >= 0.6 is 0 Å². The molecule has 154 valence electrons. The molecule has 0 aromatic heterocycles. The summed E-state index contributed by atoms with van der Waals surface area (Å²) in [5.41, 5.74) is 0.586. The van der Waals surface area contributed by atoms with E-state index in [1.54, 1.807) is 24.3 Å². The third-order valence-electron chi connectivity index (χ3n) is 4.68. The van der Waals surface area contributed by atoms with Gasteiger partial charge in [-0.1, -0.05) is 0 Å². The molecule has 3 aromatic rings. The van der Waals surface area contributed by atoms with Gasteiger partial charge in [0.1, 0.15) is 0 Å². The Morgan fingerprint density at radius 3 is 1.13 bits per heavy atom. The van der Waals surface area contributed by atoms with Gasteiger partial charge in [0.2, 0.25) is 11.4 Å². The second kappa shape index (κ2) is 8.20. The molecular formula is C22H22N4O4. The second-order valence-corrected chi connectivity index (χ2v) is 7.17. The first-order valence-corrected chi connectivity index (χ1v) is 9.21. The number of rotatable bonds is 4. The summed E-state index contributed by atoms with van der Waals surface area (Å²) in [6.45, 7) is 0. The van der Waals surface area contributed by atoms with E-state index in [4.69, 9.17) is 0 Å². The van der Waals surface area contributed by atoms with Crippen molar-refractivity contribution in [3.63, 3.8) is 0 Å². The Kier molecular flexibility index (Phi) is 5.68. The highest BCUT2D eigenvalue weighted by atomic mass is 16.5. The van der Waals surface area contributed by atoms with Crippen molar-refractivity contribution in [2.24, 2.45) is 0 Å². The van der Waals surface area contributed by atoms with Crippen LogP contribution in [0.15, 0.2) is 70.3 Å². The summed E-state index contributed by atoms with van der Waals surface area (Å²) in [4.78, 5) is 28.7. The average Bonchev–Trinajstić information content (AvgIpc) is 2.74. The predicted octanol–water partition coefficient (Wildman–Crippen LogP) is 0.618. The van der Waals surface area contributed by atoms with Crippen molar-refractivity contribution < 1.29 is 0 Å². The summed E-state index contributed by atoms with van der Waals surface area (Å²) in [7, 11) is 7.43. The maximum atomic E-state index is 13.0. The average molecular weight is 406 g/mol. The molecule has 0 unspecified atom stereocenters. The highest BCUT2D eigenvalue weighted by Crippen LogP contribution is 2.17. The number of benzene rings is 3. The maximum absolute atomic E-state index is 13.0. The largest absolute Gasteiger partial charge is 0.618 e. The summed E-state index contributed by atoms with van der Waals surface area (Å²) < 4.78 is 0.662. The van der Waals surface area contributed by atoms with Gasteiger partial charge in [0.05, 0.1) is 0 Å². The van der Waals surface area contributed by atoms with Crippen LogP contribution < -0.4 is 40.8 Å². The zero-order chi connectivity index (χ0) is 22.0. The van der Waals surface area contributed by atoms with Gasteiger partial charge >= 0.3 is 10.7 Å². The minimum atomic E-state index is -0.706. The van der Waals surface area contributed by atoms with E-state index in [0.717, 1.165) is 23.5 Å². The van der Waals surface area contributed by atoms with Crippen molar-refractivity contribution in [2.75, 3.05) is 38.0 Å². The molecule has 0 radical (unpaired) electrons. The van der Waals surface area contributed by atoms with E-state index in [-0.39, 0.29) is 11.4 Å². The van der Waals surface area contributed by atoms with Crippen molar-refractivity contribution in [3.05, 3.63) is 102 Å². The summed E-state index contributed by atoms with van der Waals surface area (Å²) in [6.07, 6.45) is 0. The van der Waals surface area contributed by atoms with Crippen LogP contribution in [0.3, 0.4) is 0 Å². The monoisotopic (exact) mass is 406 g/mol. The Morgan fingerprint density at radius 1 is 0.567 bits per heavy atom. The lowest BCUT2D eigenvalue weighted by molar-refractivity contribution is 0.868. The van der Waals surface area contributed by atoms with Crippen LogP contribution in [0.5, 0.6) is 0 Å². The zero-order valence-corrected chi connectivity index (χ0v) is 17.2. The summed E-state index contributed by atoms with van der Waals surface area (Å²) in [6, 6.07) is 15.0. The number of hydrogen-bond acceptors (Lipinski definition) is 6. The molecule has 0 saturated heterocycles. The lowest BCUT2D eigenvalue weighted by Gasteiger charge is -2.12. The van der Waals surface area contributed by atoms with Crippen molar-refractivity contribution in [1.82, 2.24) is 9.48 Å². The topological polar surface area (TPSA) is 92.8 Å². The Morgan fingerprint density at radius 2 is 0.867 bits per heavy atom. The number of anilines is 2. The number of nitrogens with zero attached hydrogens (tertiary/aromatic N) is 4. The first-order chi connectivity index (χ1) is 14.2. The fourth-order valence-corrected chi connectivity index (χ4v) is 2.97. The van der Waals surface area contributed by atoms with Gasteiger partial charge in [0, 0.05) is 63.8 Å². The Labute approximate surface area is 173 Å². The fraction of sp³-hybridized carbons (Fsp3) is 0.182. The minimum Gasteiger partial charge on any atom is -0.618 e. The van der Waals surface area contributed by atoms with Crippen LogP contribution in [0.25, 0.3) is 0 Å². The van der Waals surface area contributed by atoms with Crippen LogP contribution in [0.2, 0.25) is 0 Å². The molecule has 0 N–H and O–H groups in total. The molecule has 0 bridgehead atoms. The summed E-state index contributed by atoms with van der Waals surface area (Å²) in [5, 5.41) is 25.0. The van der Waals surface area contributed by atoms with Crippen molar-refractivity contribution >= 4 is 22.7 Å². The molecule has 8 heteroatoms. The molecule has 3 aromatic carbocycles. The summed E-state index contributed by atoms with van der Waals surface area (Å²) >= 11 is 0. The van der Waals surface area contributed by atoms with E-state index < -0.39 is 21.6 Å². The summed E-state index contributed by atoms with van der Waals surface area (Å²) in [5.74, 6) is 0. The van der Waals surface area contributed by atoms with E-state index in [1.807, 2.05) is 38.0 Å². The Hall–Kier alpha value is -3.94. The molecule has 0 aliphatic carbocycles. The zero-order valence-electron chi connectivity index (χ0n) is 17.2. The van der Waals surface area contributed by atoms with Crippen LogP contribution in [0.1, 0.15) is 0 Å². The molecule has 8 nitrogen and oxygen atoms in total. The van der Waals surface area contributed by atoms with E-state index in [9.17, 15) is 20.0 Å². The van der Waals surface area contributed by atoms with Crippen LogP contribution in [-0.4, -0.2) is 28.2 Å². The third-order valence-corrected chi connectivity index (χ3v) is 4.68. The molecule has 0 atom stereocenters. The quantitative estimate of drug-likeness (QED) is 0.466. The smallest absolute Gasteiger partial charge is 0.342 e. The van der Waals surface area contributed by atoms with Gasteiger partial charge in [0.25, 0.3) is 10.9 Å². The molecule has 0 saturated carbocycles.